The summed E-state index contributed by atoms with van der Waals surface area (Å²) in [6.45, 7) is -2.45. The summed E-state index contributed by atoms with van der Waals surface area (Å²) < 4.78 is 38.6. The number of nitrogens with one attached hydrogen (secondary N) is 1. The highest BCUT2D eigenvalue weighted by Gasteiger charge is 2.29. The number of aliphatic hydroxyl groups excluding tert-OH is 1. The van der Waals surface area contributed by atoms with Crippen LogP contribution in [0.2, 0.25) is 0 Å². The van der Waals surface area contributed by atoms with Gasteiger partial charge in [0.2, 0.25) is 0 Å². The van der Waals surface area contributed by atoms with Crippen LogP contribution in [0.3, 0.4) is 0 Å². The largest absolute Gasteiger partial charge is 0.390 e. The molecule has 0 bridgehead atoms. The fraction of sp³-hybridized carbons (Fsp3) is 0.333. The molecule has 0 saturated carbocycles. The normalized spacial score (nSPS) is 11.4. The van der Waals surface area contributed by atoms with Crippen LogP contribution < -0.4 is 5.32 Å². The van der Waals surface area contributed by atoms with Gasteiger partial charge in [-0.2, -0.15) is 0 Å². The maximum Gasteiger partial charge on any atom is 0.293 e. The Morgan fingerprint density at radius 1 is 1.50 bits per heavy atom. The summed E-state index contributed by atoms with van der Waals surface area (Å²) >= 11 is 2.76. The first kappa shape index (κ1) is 14.7. The Balaban J connectivity index is 3.01. The average molecular weight is 329 g/mol. The second kappa shape index (κ2) is 5.53. The lowest BCUT2D eigenvalue weighted by Gasteiger charge is -2.15. The third-order valence-electron chi connectivity index (χ3n) is 2.00. The lowest BCUT2D eigenvalue weighted by molar-refractivity contribution is -0.384. The summed E-state index contributed by atoms with van der Waals surface area (Å²) in [6, 6.07) is 1.60. The van der Waals surface area contributed by atoms with Gasteiger partial charge in [-0.05, 0) is 15.9 Å². The lowest BCUT2D eigenvalue weighted by Crippen LogP contribution is -2.31. The standard InChI is InChI=1S/C9H8BrF3N2O3/c10-5-1-8(15(17)18)7(2-6(5)11)14-3-9(12,13)4-16/h1-2,14,16H,3-4H2. The zero-order valence-electron chi connectivity index (χ0n) is 8.79. The minimum Gasteiger partial charge on any atom is -0.390 e. The van der Waals surface area contributed by atoms with E-state index in [1.54, 1.807) is 0 Å². The van der Waals surface area contributed by atoms with Crippen LogP contribution in [0.4, 0.5) is 24.5 Å². The first-order valence-corrected chi connectivity index (χ1v) is 5.42. The number of benzene rings is 1. The number of rotatable bonds is 5. The molecular weight excluding hydrogens is 321 g/mol. The molecule has 0 aliphatic heterocycles. The van der Waals surface area contributed by atoms with Crippen LogP contribution in [-0.2, 0) is 0 Å². The van der Waals surface area contributed by atoms with E-state index in [1.807, 2.05) is 5.32 Å². The van der Waals surface area contributed by atoms with Crippen molar-refractivity contribution in [3.63, 3.8) is 0 Å². The summed E-state index contributed by atoms with van der Waals surface area (Å²) in [5, 5.41) is 21.0. The minimum absolute atomic E-state index is 0.145. The van der Waals surface area contributed by atoms with Crippen molar-refractivity contribution in [2.24, 2.45) is 0 Å². The molecule has 1 rings (SSSR count). The van der Waals surface area contributed by atoms with Crippen LogP contribution in [0.15, 0.2) is 16.6 Å². The van der Waals surface area contributed by atoms with Crippen molar-refractivity contribution in [2.75, 3.05) is 18.5 Å². The van der Waals surface area contributed by atoms with Gasteiger partial charge in [-0.25, -0.2) is 13.2 Å². The number of nitrogens with zero attached hydrogens (tertiary/aromatic N) is 1. The summed E-state index contributed by atoms with van der Waals surface area (Å²) in [7, 11) is 0. The number of anilines is 1. The molecule has 5 nitrogen and oxygen atoms in total. The maximum absolute atomic E-state index is 13.2. The summed E-state index contributed by atoms with van der Waals surface area (Å²) in [5.74, 6) is -4.27. The number of aliphatic hydroxyl groups is 1. The van der Waals surface area contributed by atoms with Gasteiger partial charge in [-0.3, -0.25) is 10.1 Å². The van der Waals surface area contributed by atoms with Crippen LogP contribution in [-0.4, -0.2) is 29.1 Å². The summed E-state index contributed by atoms with van der Waals surface area (Å²) in [4.78, 5) is 9.83. The van der Waals surface area contributed by atoms with Gasteiger partial charge in [0, 0.05) is 12.1 Å². The van der Waals surface area contributed by atoms with E-state index in [4.69, 9.17) is 5.11 Å². The molecule has 0 aromatic heterocycles. The monoisotopic (exact) mass is 328 g/mol. The van der Waals surface area contributed by atoms with Crippen molar-refractivity contribution in [1.29, 1.82) is 0 Å². The molecule has 1 aromatic carbocycles. The maximum atomic E-state index is 13.2. The van der Waals surface area contributed by atoms with Gasteiger partial charge in [0.25, 0.3) is 11.6 Å². The SMILES string of the molecule is O=[N+]([O-])c1cc(Br)c(F)cc1NCC(F)(F)CO. The molecule has 2 N–H and O–H groups in total. The van der Waals surface area contributed by atoms with Crippen molar-refractivity contribution in [3.8, 4) is 0 Å². The van der Waals surface area contributed by atoms with Gasteiger partial charge in [0.15, 0.2) is 0 Å². The highest BCUT2D eigenvalue weighted by Crippen LogP contribution is 2.31. The molecule has 0 amide bonds. The molecule has 9 heteroatoms. The fourth-order valence-electron chi connectivity index (χ4n) is 1.11. The Morgan fingerprint density at radius 3 is 2.61 bits per heavy atom. The van der Waals surface area contributed by atoms with Gasteiger partial charge >= 0.3 is 0 Å². The first-order chi connectivity index (χ1) is 8.26. The molecule has 0 aliphatic carbocycles. The third-order valence-corrected chi connectivity index (χ3v) is 2.61. The predicted octanol–water partition coefficient (Wildman–Crippen LogP) is 2.54. The molecule has 100 valence electrons. The van der Waals surface area contributed by atoms with E-state index in [-0.39, 0.29) is 10.2 Å². The number of hydrogen-bond acceptors (Lipinski definition) is 4. The molecule has 0 saturated heterocycles. The van der Waals surface area contributed by atoms with Crippen molar-refractivity contribution in [1.82, 2.24) is 0 Å². The third kappa shape index (κ3) is 3.57. The van der Waals surface area contributed by atoms with Gasteiger partial charge < -0.3 is 10.4 Å². The van der Waals surface area contributed by atoms with Gasteiger partial charge in [0.05, 0.1) is 15.9 Å². The van der Waals surface area contributed by atoms with E-state index < -0.39 is 35.5 Å². The number of nitro groups is 1. The number of nitro benzene ring substituents is 1. The van der Waals surface area contributed by atoms with Crippen LogP contribution in [0.5, 0.6) is 0 Å². The zero-order chi connectivity index (χ0) is 13.9. The summed E-state index contributed by atoms with van der Waals surface area (Å²) in [5.41, 5.74) is -0.925. The average Bonchev–Trinajstić information content (AvgIpc) is 2.30. The molecule has 18 heavy (non-hydrogen) atoms. The highest BCUT2D eigenvalue weighted by molar-refractivity contribution is 9.10. The van der Waals surface area contributed by atoms with Crippen LogP contribution in [0, 0.1) is 15.9 Å². The van der Waals surface area contributed by atoms with Crippen LogP contribution >= 0.6 is 15.9 Å². The summed E-state index contributed by atoms with van der Waals surface area (Å²) in [6.07, 6.45) is 0. The first-order valence-electron chi connectivity index (χ1n) is 4.63. The number of halogens is 4. The van der Waals surface area contributed by atoms with Crippen molar-refractivity contribution in [2.45, 2.75) is 5.92 Å². The molecule has 0 spiro atoms. The highest BCUT2D eigenvalue weighted by atomic mass is 79.9. The quantitative estimate of drug-likeness (QED) is 0.643. The Morgan fingerprint density at radius 2 is 2.11 bits per heavy atom. The van der Waals surface area contributed by atoms with Gasteiger partial charge in [0.1, 0.15) is 18.1 Å². The van der Waals surface area contributed by atoms with Gasteiger partial charge in [-0.1, -0.05) is 0 Å². The minimum atomic E-state index is -3.45. The molecule has 0 atom stereocenters. The van der Waals surface area contributed by atoms with E-state index >= 15 is 0 Å². The topological polar surface area (TPSA) is 75.4 Å². The smallest absolute Gasteiger partial charge is 0.293 e. The Bertz CT molecular complexity index is 471. The van der Waals surface area contributed by atoms with E-state index in [9.17, 15) is 23.3 Å². The molecule has 0 aliphatic rings. The van der Waals surface area contributed by atoms with Crippen LogP contribution in [0.25, 0.3) is 0 Å². The Hall–Kier alpha value is -1.35. The molecule has 0 radical (unpaired) electrons. The van der Waals surface area contributed by atoms with Gasteiger partial charge in [-0.15, -0.1) is 0 Å². The molecule has 0 fully saturated rings. The second-order valence-corrected chi connectivity index (χ2v) is 4.26. The van der Waals surface area contributed by atoms with Crippen LogP contribution in [0.1, 0.15) is 0 Å². The lowest BCUT2D eigenvalue weighted by atomic mass is 10.2. The Labute approximate surface area is 108 Å². The molecule has 0 heterocycles. The zero-order valence-corrected chi connectivity index (χ0v) is 10.4. The fourth-order valence-corrected chi connectivity index (χ4v) is 1.44. The van der Waals surface area contributed by atoms with Crippen molar-refractivity contribution in [3.05, 3.63) is 32.5 Å². The predicted molar refractivity (Wildman–Crippen MR) is 61.3 cm³/mol. The number of hydrogen-bond donors (Lipinski definition) is 2. The Kier molecular flexibility index (Phi) is 4.52. The molecular formula is C9H8BrF3N2O3. The van der Waals surface area contributed by atoms with E-state index in [0.29, 0.717) is 0 Å². The molecule has 1 aromatic rings. The van der Waals surface area contributed by atoms with E-state index in [1.165, 1.54) is 0 Å². The van der Waals surface area contributed by atoms with Crippen molar-refractivity contribution < 1.29 is 23.2 Å². The molecule has 0 unspecified atom stereocenters. The van der Waals surface area contributed by atoms with E-state index in [2.05, 4.69) is 15.9 Å². The van der Waals surface area contributed by atoms with E-state index in [0.717, 1.165) is 12.1 Å². The van der Waals surface area contributed by atoms with Crippen molar-refractivity contribution >= 4 is 27.3 Å². The number of alkyl halides is 2. The second-order valence-electron chi connectivity index (χ2n) is 3.41.